The van der Waals surface area contributed by atoms with Crippen LogP contribution in [0.1, 0.15) is 67.9 Å². The summed E-state index contributed by atoms with van der Waals surface area (Å²) in [6.45, 7) is 3.49. The van der Waals surface area contributed by atoms with E-state index in [0.717, 1.165) is 36.8 Å². The van der Waals surface area contributed by atoms with Gasteiger partial charge >= 0.3 is 12.1 Å². The van der Waals surface area contributed by atoms with E-state index in [1.165, 1.54) is 16.8 Å². The number of ether oxygens (including phenoxy) is 1. The van der Waals surface area contributed by atoms with Crippen molar-refractivity contribution in [3.8, 4) is 11.6 Å². The average molecular weight is 612 g/mol. The number of carbonyl (C=O) groups is 1. The van der Waals surface area contributed by atoms with Gasteiger partial charge in [0.1, 0.15) is 11.9 Å². The highest BCUT2D eigenvalue weighted by molar-refractivity contribution is 5.74. The maximum Gasteiger partial charge on any atom is 0.429 e. The van der Waals surface area contributed by atoms with Crippen LogP contribution >= 0.6 is 0 Å². The second-order valence-electron chi connectivity index (χ2n) is 12.1. The molecule has 3 aliphatic rings. The van der Waals surface area contributed by atoms with Gasteiger partial charge in [-0.3, -0.25) is 4.79 Å². The van der Waals surface area contributed by atoms with Crippen molar-refractivity contribution in [3.63, 3.8) is 0 Å². The summed E-state index contributed by atoms with van der Waals surface area (Å²) < 4.78 is 51.4. The Kier molecular flexibility index (Phi) is 7.99. The van der Waals surface area contributed by atoms with Crippen LogP contribution in [0.4, 0.5) is 24.9 Å². The number of alkyl halides is 3. The molecule has 3 aromatic rings. The van der Waals surface area contributed by atoms with Crippen molar-refractivity contribution in [3.05, 3.63) is 59.4 Å². The Morgan fingerprint density at radius 1 is 1.18 bits per heavy atom. The number of aliphatic carboxylic acids is 1. The summed E-state index contributed by atoms with van der Waals surface area (Å²) in [4.78, 5) is 21.7. The molecule has 13 heteroatoms. The zero-order valence-corrected chi connectivity index (χ0v) is 24.5. The fraction of sp³-hybridized carbons (Fsp3) is 0.484. The first-order valence-electron chi connectivity index (χ1n) is 14.9. The van der Waals surface area contributed by atoms with Crippen molar-refractivity contribution in [1.82, 2.24) is 25.1 Å². The van der Waals surface area contributed by atoms with Crippen LogP contribution in [-0.4, -0.2) is 62.7 Å². The van der Waals surface area contributed by atoms with Crippen LogP contribution in [0.3, 0.4) is 0 Å². The number of carboxylic acid groups (broad SMARTS) is 1. The molecular weight excluding hydrogens is 575 g/mol. The van der Waals surface area contributed by atoms with Crippen LogP contribution in [0.2, 0.25) is 0 Å². The highest BCUT2D eigenvalue weighted by atomic mass is 19.4. The molecular formula is C31H36F3N7O3. The van der Waals surface area contributed by atoms with E-state index in [9.17, 15) is 23.1 Å². The lowest BCUT2D eigenvalue weighted by atomic mass is 9.76. The minimum Gasteiger partial charge on any atom is -0.480 e. The van der Waals surface area contributed by atoms with Crippen molar-refractivity contribution >= 4 is 23.3 Å². The number of carboxylic acids is 1. The molecule has 1 aromatic carbocycles. The Balaban J connectivity index is 1.29. The third-order valence-corrected chi connectivity index (χ3v) is 8.99. The number of rotatable bonds is 7. The number of nitrogens with zero attached hydrogens (tertiary/aromatic N) is 5. The van der Waals surface area contributed by atoms with Gasteiger partial charge in [-0.2, -0.15) is 28.2 Å². The number of halogens is 3. The zero-order valence-electron chi connectivity index (χ0n) is 24.5. The second kappa shape index (κ2) is 11.8. The minimum atomic E-state index is -4.78. The number of nitrogens with two attached hydrogens (primary N) is 1. The molecule has 0 saturated carbocycles. The van der Waals surface area contributed by atoms with Gasteiger partial charge in [0.15, 0.2) is 0 Å². The molecule has 234 valence electrons. The number of nitrogens with one attached hydrogen (secondary N) is 1. The van der Waals surface area contributed by atoms with E-state index >= 15 is 0 Å². The second-order valence-corrected chi connectivity index (χ2v) is 12.1. The summed E-state index contributed by atoms with van der Waals surface area (Å²) in [6, 6.07) is 7.48. The normalized spacial score (nSPS) is 20.9. The van der Waals surface area contributed by atoms with Crippen LogP contribution in [0.5, 0.6) is 5.88 Å². The molecule has 2 saturated heterocycles. The van der Waals surface area contributed by atoms with E-state index < -0.39 is 24.3 Å². The molecule has 6 rings (SSSR count). The molecule has 4 heterocycles. The molecule has 4 N–H and O–H groups in total. The summed E-state index contributed by atoms with van der Waals surface area (Å²) in [6.07, 6.45) is 2.57. The third kappa shape index (κ3) is 6.23. The van der Waals surface area contributed by atoms with E-state index in [0.29, 0.717) is 50.4 Å². The lowest BCUT2D eigenvalue weighted by molar-refractivity contribution is -0.198. The van der Waals surface area contributed by atoms with E-state index in [4.69, 9.17) is 10.5 Å². The van der Waals surface area contributed by atoms with Gasteiger partial charge in [0.25, 0.3) is 0 Å². The molecule has 0 unspecified atom stereocenters. The maximum absolute atomic E-state index is 14.8. The summed E-state index contributed by atoms with van der Waals surface area (Å²) >= 11 is 0. The van der Waals surface area contributed by atoms with Gasteiger partial charge in [0.2, 0.25) is 17.9 Å². The zero-order chi connectivity index (χ0) is 31.1. The third-order valence-electron chi connectivity index (χ3n) is 8.99. The van der Waals surface area contributed by atoms with Gasteiger partial charge in [-0.25, -0.2) is 4.68 Å². The highest BCUT2D eigenvalue weighted by Crippen LogP contribution is 2.43. The minimum absolute atomic E-state index is 0.0962. The van der Waals surface area contributed by atoms with E-state index in [2.05, 4.69) is 26.5 Å². The monoisotopic (exact) mass is 611 g/mol. The van der Waals surface area contributed by atoms with Crippen molar-refractivity contribution in [1.29, 1.82) is 0 Å². The number of anilines is 2. The number of allylic oxidation sites excluding steroid dienone is 2. The van der Waals surface area contributed by atoms with Crippen LogP contribution in [0.15, 0.2) is 42.6 Å². The van der Waals surface area contributed by atoms with Crippen LogP contribution < -0.4 is 20.7 Å². The number of benzene rings is 1. The smallest absolute Gasteiger partial charge is 0.429 e. The standard InChI is InChI=1S/C31H36F3N7O3/c1-19-9-12-41(39-19)24-15-21(20-5-3-2-4-6-20)7-8-22(24)27(31(32,33)34)44-26-16-25(37-29(35)38-26)40-13-10-30(11-14-40)17-23(28(42)43)36-18-30/h5,7-9,12,15-16,23,27,36H,2-4,6,10-11,13-14,17-18H2,1H3,(H,42,43)(H2,35,37,38)/t23-,27+/m0/s1. The molecule has 0 radical (unpaired) electrons. The molecule has 2 fully saturated rings. The Labute approximate surface area is 253 Å². The Bertz CT molecular complexity index is 1560. The van der Waals surface area contributed by atoms with Gasteiger partial charge in [-0.15, -0.1) is 0 Å². The fourth-order valence-electron chi connectivity index (χ4n) is 6.58. The van der Waals surface area contributed by atoms with Crippen LogP contribution in [0.25, 0.3) is 11.3 Å². The highest BCUT2D eigenvalue weighted by Gasteiger charge is 2.46. The Morgan fingerprint density at radius 2 is 1.98 bits per heavy atom. The Morgan fingerprint density at radius 3 is 2.61 bits per heavy atom. The van der Waals surface area contributed by atoms with E-state index in [-0.39, 0.29) is 28.5 Å². The lowest BCUT2D eigenvalue weighted by Gasteiger charge is -2.39. The molecule has 2 atom stereocenters. The molecule has 0 bridgehead atoms. The quantitative estimate of drug-likeness (QED) is 0.329. The average Bonchev–Trinajstić information content (AvgIpc) is 3.62. The van der Waals surface area contributed by atoms with Crippen molar-refractivity contribution in [2.75, 3.05) is 30.3 Å². The summed E-state index contributed by atoms with van der Waals surface area (Å²) in [5, 5.41) is 16.9. The first kappa shape index (κ1) is 29.9. The largest absolute Gasteiger partial charge is 0.480 e. The SMILES string of the molecule is Cc1ccn(-c2cc(C3=CCCCC3)ccc2[C@@H](Oc2cc(N3CCC4(CC3)CN[C@H](C(=O)O)C4)nc(N)n2)C(F)(F)F)n1. The molecule has 10 nitrogen and oxygen atoms in total. The van der Waals surface area contributed by atoms with Gasteiger partial charge < -0.3 is 25.8 Å². The van der Waals surface area contributed by atoms with Gasteiger partial charge in [0, 0.05) is 37.5 Å². The van der Waals surface area contributed by atoms with Crippen molar-refractivity contribution in [2.24, 2.45) is 5.41 Å². The van der Waals surface area contributed by atoms with Gasteiger partial charge in [0.05, 0.1) is 11.4 Å². The number of hydrogen-bond donors (Lipinski definition) is 3. The number of nitrogen functional groups attached to an aromatic ring is 1. The van der Waals surface area contributed by atoms with Crippen molar-refractivity contribution in [2.45, 2.75) is 70.2 Å². The fourth-order valence-corrected chi connectivity index (χ4v) is 6.58. The predicted octanol–water partition coefficient (Wildman–Crippen LogP) is 5.23. The molecule has 1 aliphatic carbocycles. The first-order valence-corrected chi connectivity index (χ1v) is 14.9. The molecule has 1 spiro atoms. The number of aromatic nitrogens is 4. The summed E-state index contributed by atoms with van der Waals surface area (Å²) in [7, 11) is 0. The number of hydrogen-bond acceptors (Lipinski definition) is 8. The van der Waals surface area contributed by atoms with Gasteiger partial charge in [-0.1, -0.05) is 18.2 Å². The molecule has 0 amide bonds. The van der Waals surface area contributed by atoms with Crippen LogP contribution in [-0.2, 0) is 4.79 Å². The summed E-state index contributed by atoms with van der Waals surface area (Å²) in [5.74, 6) is -0.980. The maximum atomic E-state index is 14.8. The topological polar surface area (TPSA) is 131 Å². The molecule has 2 aromatic heterocycles. The lowest BCUT2D eigenvalue weighted by Crippen LogP contribution is -2.41. The van der Waals surface area contributed by atoms with E-state index in [1.807, 2.05) is 4.90 Å². The van der Waals surface area contributed by atoms with E-state index in [1.54, 1.807) is 31.3 Å². The van der Waals surface area contributed by atoms with Crippen LogP contribution in [0, 0.1) is 12.3 Å². The summed E-state index contributed by atoms with van der Waals surface area (Å²) in [5.41, 5.74) is 8.66. The molecule has 44 heavy (non-hydrogen) atoms. The first-order chi connectivity index (χ1) is 21.0. The predicted molar refractivity (Wildman–Crippen MR) is 159 cm³/mol. The Hall–Kier alpha value is -4.13. The number of aryl methyl sites for hydroxylation is 1. The van der Waals surface area contributed by atoms with Crippen molar-refractivity contribution < 1.29 is 27.8 Å². The van der Waals surface area contributed by atoms with Gasteiger partial charge in [-0.05, 0) is 80.6 Å². The number of piperidine rings is 1. The molecule has 2 aliphatic heterocycles.